The third-order valence-electron chi connectivity index (χ3n) is 3.27. The number of carbonyl (C=O) groups excluding carboxylic acids is 2. The molecule has 0 aromatic rings. The zero-order valence-corrected chi connectivity index (χ0v) is 9.52. The van der Waals surface area contributed by atoms with E-state index in [1.165, 1.54) is 0 Å². The summed E-state index contributed by atoms with van der Waals surface area (Å²) < 4.78 is 4.93. The predicted molar refractivity (Wildman–Crippen MR) is 57.6 cm³/mol. The summed E-state index contributed by atoms with van der Waals surface area (Å²) in [6.45, 7) is 1.93. The number of esters is 1. The molecule has 6 heteroatoms. The Kier molecular flexibility index (Phi) is 2.84. The summed E-state index contributed by atoms with van der Waals surface area (Å²) in [6.07, 6.45) is 1.02. The van der Waals surface area contributed by atoms with Crippen LogP contribution in [0.4, 0.5) is 0 Å². The molecule has 0 spiro atoms. The molecule has 1 fully saturated rings. The molecule has 90 valence electrons. The monoisotopic (exact) mass is 235 g/mol. The minimum Gasteiger partial charge on any atom is -0.465 e. The number of hydrazone groups is 1. The van der Waals surface area contributed by atoms with E-state index in [1.807, 2.05) is 6.07 Å². The lowest BCUT2D eigenvalue weighted by Crippen LogP contribution is -2.41. The number of rotatable bonds is 2. The lowest BCUT2D eigenvalue weighted by molar-refractivity contribution is -0.153. The predicted octanol–water partition coefficient (Wildman–Crippen LogP) is 0.345. The van der Waals surface area contributed by atoms with E-state index in [4.69, 9.17) is 4.74 Å². The molecule has 2 unspecified atom stereocenters. The molecule has 2 atom stereocenters. The van der Waals surface area contributed by atoms with E-state index in [0.717, 1.165) is 5.71 Å². The topological polar surface area (TPSA) is 91.6 Å². The Morgan fingerprint density at radius 3 is 3.18 bits per heavy atom. The van der Waals surface area contributed by atoms with E-state index >= 15 is 0 Å². The number of fused-ring (bicyclic) bond motifs is 1. The highest BCUT2D eigenvalue weighted by molar-refractivity contribution is 6.09. The van der Waals surface area contributed by atoms with Gasteiger partial charge in [-0.15, -0.1) is 0 Å². The van der Waals surface area contributed by atoms with Crippen LogP contribution in [0.3, 0.4) is 0 Å². The van der Waals surface area contributed by atoms with Gasteiger partial charge in [0.05, 0.1) is 24.3 Å². The summed E-state index contributed by atoms with van der Waals surface area (Å²) in [5.74, 6) is -1.21. The quantitative estimate of drug-likeness (QED) is 0.699. The van der Waals surface area contributed by atoms with Crippen molar-refractivity contribution in [2.75, 3.05) is 6.61 Å². The Morgan fingerprint density at radius 1 is 1.76 bits per heavy atom. The van der Waals surface area contributed by atoms with Crippen LogP contribution in [0.5, 0.6) is 0 Å². The number of nitrogens with one attached hydrogen (secondary N) is 1. The first kappa shape index (κ1) is 11.6. The summed E-state index contributed by atoms with van der Waals surface area (Å²) >= 11 is 0. The molecular formula is C11H13N3O3. The second-order valence-electron chi connectivity index (χ2n) is 4.25. The Hall–Kier alpha value is -1.90. The summed E-state index contributed by atoms with van der Waals surface area (Å²) in [4.78, 5) is 23.3. The minimum atomic E-state index is -1.19. The van der Waals surface area contributed by atoms with Gasteiger partial charge >= 0.3 is 5.97 Å². The molecule has 1 heterocycles. The summed E-state index contributed by atoms with van der Waals surface area (Å²) in [6, 6.07) is 2.03. The highest BCUT2D eigenvalue weighted by Gasteiger charge is 2.50. The van der Waals surface area contributed by atoms with Crippen molar-refractivity contribution in [1.82, 2.24) is 5.43 Å². The van der Waals surface area contributed by atoms with Crippen molar-refractivity contribution >= 4 is 17.6 Å². The maximum Gasteiger partial charge on any atom is 0.326 e. The molecule has 0 saturated heterocycles. The van der Waals surface area contributed by atoms with Gasteiger partial charge in [0.25, 0.3) is 0 Å². The van der Waals surface area contributed by atoms with E-state index in [9.17, 15) is 14.9 Å². The van der Waals surface area contributed by atoms with Crippen LogP contribution in [-0.4, -0.2) is 24.2 Å². The number of nitriles is 1. The maximum absolute atomic E-state index is 11.8. The summed E-state index contributed by atoms with van der Waals surface area (Å²) in [5, 5.41) is 13.1. The Morgan fingerprint density at radius 2 is 2.53 bits per heavy atom. The zero-order valence-electron chi connectivity index (χ0n) is 9.52. The van der Waals surface area contributed by atoms with E-state index in [-0.39, 0.29) is 18.9 Å². The zero-order chi connectivity index (χ0) is 12.5. The molecule has 1 aliphatic carbocycles. The number of amides is 1. The van der Waals surface area contributed by atoms with Crippen LogP contribution in [0.15, 0.2) is 5.10 Å². The van der Waals surface area contributed by atoms with Gasteiger partial charge in [0.1, 0.15) is 0 Å². The lowest BCUT2D eigenvalue weighted by Gasteiger charge is -2.30. The number of ether oxygens (including phenoxy) is 1. The molecule has 1 saturated carbocycles. The molecular weight excluding hydrogens is 222 g/mol. The van der Waals surface area contributed by atoms with Gasteiger partial charge in [0.15, 0.2) is 5.41 Å². The molecule has 1 aliphatic heterocycles. The number of hydrogen-bond acceptors (Lipinski definition) is 5. The Labute approximate surface area is 98.6 Å². The van der Waals surface area contributed by atoms with Crippen LogP contribution in [-0.2, 0) is 14.3 Å². The van der Waals surface area contributed by atoms with Crippen molar-refractivity contribution < 1.29 is 14.3 Å². The first-order chi connectivity index (χ1) is 8.13. The SMILES string of the molecule is CCOC(=O)C1(C#N)CCC2=NNC(=O)C2C1. The number of hydrogen-bond donors (Lipinski definition) is 1. The van der Waals surface area contributed by atoms with Crippen LogP contribution in [0.1, 0.15) is 26.2 Å². The lowest BCUT2D eigenvalue weighted by atomic mass is 9.69. The van der Waals surface area contributed by atoms with Crippen molar-refractivity contribution in [3.05, 3.63) is 0 Å². The van der Waals surface area contributed by atoms with Crippen molar-refractivity contribution in [3.8, 4) is 6.07 Å². The fourth-order valence-corrected chi connectivity index (χ4v) is 2.27. The van der Waals surface area contributed by atoms with E-state index in [0.29, 0.717) is 12.8 Å². The first-order valence-corrected chi connectivity index (χ1v) is 5.58. The van der Waals surface area contributed by atoms with Crippen LogP contribution in [0.25, 0.3) is 0 Å². The van der Waals surface area contributed by atoms with Crippen LogP contribution in [0, 0.1) is 22.7 Å². The number of nitrogens with zero attached hydrogens (tertiary/aromatic N) is 2. The van der Waals surface area contributed by atoms with Gasteiger partial charge in [-0.25, -0.2) is 5.43 Å². The number of carbonyl (C=O) groups is 2. The van der Waals surface area contributed by atoms with Crippen molar-refractivity contribution in [1.29, 1.82) is 5.26 Å². The minimum absolute atomic E-state index is 0.174. The average molecular weight is 235 g/mol. The van der Waals surface area contributed by atoms with Crippen LogP contribution < -0.4 is 5.43 Å². The van der Waals surface area contributed by atoms with E-state index in [2.05, 4.69) is 10.5 Å². The molecule has 17 heavy (non-hydrogen) atoms. The Bertz CT molecular complexity index is 438. The van der Waals surface area contributed by atoms with Gasteiger partial charge in [-0.3, -0.25) is 9.59 Å². The Balaban J connectivity index is 2.22. The normalized spacial score (nSPS) is 30.9. The largest absolute Gasteiger partial charge is 0.465 e. The van der Waals surface area contributed by atoms with Crippen molar-refractivity contribution in [2.45, 2.75) is 26.2 Å². The molecule has 1 N–H and O–H groups in total. The highest BCUT2D eigenvalue weighted by atomic mass is 16.5. The van der Waals surface area contributed by atoms with Gasteiger partial charge < -0.3 is 4.74 Å². The third-order valence-corrected chi connectivity index (χ3v) is 3.27. The maximum atomic E-state index is 11.8. The summed E-state index contributed by atoms with van der Waals surface area (Å²) in [5.41, 5.74) is 1.93. The molecule has 0 aromatic carbocycles. The van der Waals surface area contributed by atoms with Crippen molar-refractivity contribution in [2.24, 2.45) is 16.4 Å². The molecule has 0 radical (unpaired) electrons. The first-order valence-electron chi connectivity index (χ1n) is 5.58. The van der Waals surface area contributed by atoms with E-state index < -0.39 is 17.3 Å². The van der Waals surface area contributed by atoms with Gasteiger partial charge in [-0.2, -0.15) is 10.4 Å². The van der Waals surface area contributed by atoms with Gasteiger partial charge in [0.2, 0.25) is 5.91 Å². The van der Waals surface area contributed by atoms with Crippen LogP contribution in [0.2, 0.25) is 0 Å². The standard InChI is InChI=1S/C11H13N3O3/c1-2-17-10(16)11(6-12)4-3-8-7(5-11)9(15)14-13-8/h7H,2-5H2,1H3,(H,14,15). The van der Waals surface area contributed by atoms with Gasteiger partial charge in [-0.1, -0.05) is 0 Å². The van der Waals surface area contributed by atoms with Crippen molar-refractivity contribution in [3.63, 3.8) is 0 Å². The molecule has 6 nitrogen and oxygen atoms in total. The second-order valence-corrected chi connectivity index (χ2v) is 4.25. The fraction of sp³-hybridized carbons (Fsp3) is 0.636. The van der Waals surface area contributed by atoms with E-state index in [1.54, 1.807) is 6.92 Å². The second kappa shape index (κ2) is 4.17. The van der Waals surface area contributed by atoms with Gasteiger partial charge in [0, 0.05) is 0 Å². The molecule has 2 aliphatic rings. The third kappa shape index (κ3) is 1.78. The molecule has 0 bridgehead atoms. The average Bonchev–Trinajstić information content (AvgIpc) is 2.70. The fourth-order valence-electron chi connectivity index (χ4n) is 2.27. The van der Waals surface area contributed by atoms with Crippen LogP contribution >= 0.6 is 0 Å². The molecule has 1 amide bonds. The highest BCUT2D eigenvalue weighted by Crippen LogP contribution is 2.40. The molecule has 0 aromatic heterocycles. The smallest absolute Gasteiger partial charge is 0.326 e. The summed E-state index contributed by atoms with van der Waals surface area (Å²) in [7, 11) is 0. The van der Waals surface area contributed by atoms with Gasteiger partial charge in [-0.05, 0) is 26.2 Å². The molecule has 2 rings (SSSR count).